The van der Waals surface area contributed by atoms with Gasteiger partial charge in [0.1, 0.15) is 18.1 Å². The molecule has 230 valence electrons. The number of benzene rings is 3. The minimum Gasteiger partial charge on any atom is -0.480 e. The zero-order valence-corrected chi connectivity index (χ0v) is 24.8. The molecule has 0 spiro atoms. The maximum absolute atomic E-state index is 13.6. The van der Waals surface area contributed by atoms with Gasteiger partial charge in [-0.1, -0.05) is 92.7 Å². The van der Waals surface area contributed by atoms with Crippen LogP contribution < -0.4 is 21.7 Å². The van der Waals surface area contributed by atoms with E-state index in [-0.39, 0.29) is 25.2 Å². The van der Waals surface area contributed by atoms with E-state index in [0.29, 0.717) is 0 Å². The number of para-hydroxylation sites is 1. The van der Waals surface area contributed by atoms with E-state index in [0.717, 1.165) is 27.6 Å². The lowest BCUT2D eigenvalue weighted by atomic mass is 9.99. The number of carboxylic acid groups (broad SMARTS) is 1. The number of amides is 3. The van der Waals surface area contributed by atoms with E-state index in [4.69, 9.17) is 5.73 Å². The molecule has 0 aliphatic heterocycles. The molecule has 4 aromatic rings. The highest BCUT2D eigenvalue weighted by atomic mass is 16.4. The fourth-order valence-corrected chi connectivity index (χ4v) is 5.07. The molecule has 1 heterocycles. The number of aliphatic carboxylic acids is 1. The van der Waals surface area contributed by atoms with Crippen molar-refractivity contribution < 1.29 is 24.3 Å². The van der Waals surface area contributed by atoms with Crippen molar-refractivity contribution >= 4 is 34.6 Å². The lowest BCUT2D eigenvalue weighted by Gasteiger charge is -2.27. The van der Waals surface area contributed by atoms with Crippen LogP contribution in [0.3, 0.4) is 0 Å². The summed E-state index contributed by atoms with van der Waals surface area (Å²) in [6, 6.07) is 21.8. The highest BCUT2D eigenvalue weighted by molar-refractivity contribution is 5.94. The van der Waals surface area contributed by atoms with Crippen molar-refractivity contribution in [2.24, 2.45) is 11.7 Å². The number of aromatic nitrogens is 1. The molecule has 1 aromatic heterocycles. The molecule has 0 fully saturated rings. The molecule has 0 saturated carbocycles. The van der Waals surface area contributed by atoms with Gasteiger partial charge in [-0.15, -0.1) is 0 Å². The molecule has 3 aromatic carbocycles. The Morgan fingerprint density at radius 3 is 1.89 bits per heavy atom. The molecule has 0 saturated heterocycles. The summed E-state index contributed by atoms with van der Waals surface area (Å²) in [7, 11) is 0. The van der Waals surface area contributed by atoms with Crippen molar-refractivity contribution in [1.29, 1.82) is 0 Å². The molecule has 0 bridgehead atoms. The molecule has 7 N–H and O–H groups in total. The summed E-state index contributed by atoms with van der Waals surface area (Å²) in [5.74, 6) is -3.29. The fraction of sp³-hybridized carbons (Fsp3) is 0.294. The largest absolute Gasteiger partial charge is 0.480 e. The summed E-state index contributed by atoms with van der Waals surface area (Å²) >= 11 is 0. The average molecular weight is 598 g/mol. The van der Waals surface area contributed by atoms with Crippen LogP contribution in [0.15, 0.2) is 91.1 Å². The van der Waals surface area contributed by atoms with Crippen LogP contribution in [0, 0.1) is 5.92 Å². The second-order valence-electron chi connectivity index (χ2n) is 11.2. The smallest absolute Gasteiger partial charge is 0.326 e. The summed E-state index contributed by atoms with van der Waals surface area (Å²) in [4.78, 5) is 55.5. The second kappa shape index (κ2) is 15.0. The number of carbonyl (C=O) groups excluding carboxylic acids is 3. The van der Waals surface area contributed by atoms with Crippen molar-refractivity contribution in [3.63, 3.8) is 0 Å². The van der Waals surface area contributed by atoms with E-state index < -0.39 is 47.9 Å². The molecule has 10 nitrogen and oxygen atoms in total. The Morgan fingerprint density at radius 1 is 0.705 bits per heavy atom. The number of fused-ring (bicyclic) bond motifs is 1. The van der Waals surface area contributed by atoms with Crippen LogP contribution in [-0.2, 0) is 38.4 Å². The van der Waals surface area contributed by atoms with Crippen molar-refractivity contribution in [2.75, 3.05) is 0 Å². The Labute approximate surface area is 256 Å². The van der Waals surface area contributed by atoms with Gasteiger partial charge in [-0.3, -0.25) is 14.4 Å². The summed E-state index contributed by atoms with van der Waals surface area (Å²) in [6.07, 6.45) is 2.24. The maximum atomic E-state index is 13.6. The van der Waals surface area contributed by atoms with Crippen LogP contribution in [-0.4, -0.2) is 57.9 Å². The third-order valence-electron chi connectivity index (χ3n) is 7.51. The van der Waals surface area contributed by atoms with E-state index >= 15 is 0 Å². The number of nitrogens with two attached hydrogens (primary N) is 1. The number of aromatic amines is 1. The Balaban J connectivity index is 1.47. The number of nitrogens with one attached hydrogen (secondary N) is 4. The third-order valence-corrected chi connectivity index (χ3v) is 7.51. The predicted molar refractivity (Wildman–Crippen MR) is 169 cm³/mol. The van der Waals surface area contributed by atoms with Crippen LogP contribution in [0.1, 0.15) is 30.5 Å². The van der Waals surface area contributed by atoms with Gasteiger partial charge in [-0.2, -0.15) is 0 Å². The molecule has 44 heavy (non-hydrogen) atoms. The monoisotopic (exact) mass is 597 g/mol. The van der Waals surface area contributed by atoms with E-state index in [9.17, 15) is 24.3 Å². The van der Waals surface area contributed by atoms with E-state index in [1.54, 1.807) is 20.0 Å². The summed E-state index contributed by atoms with van der Waals surface area (Å²) < 4.78 is 0. The lowest BCUT2D eigenvalue weighted by Crippen LogP contribution is -2.59. The first-order valence-electron chi connectivity index (χ1n) is 14.6. The van der Waals surface area contributed by atoms with Crippen molar-refractivity contribution in [3.05, 3.63) is 108 Å². The molecular weight excluding hydrogens is 558 g/mol. The molecule has 3 amide bonds. The zero-order valence-electron chi connectivity index (χ0n) is 24.8. The third kappa shape index (κ3) is 8.54. The molecule has 0 aliphatic rings. The summed E-state index contributed by atoms with van der Waals surface area (Å²) in [6.45, 7) is 3.50. The maximum Gasteiger partial charge on any atom is 0.326 e. The number of H-pyrrole nitrogens is 1. The first-order chi connectivity index (χ1) is 21.1. The van der Waals surface area contributed by atoms with Gasteiger partial charge in [0, 0.05) is 29.9 Å². The Bertz CT molecular complexity index is 1570. The van der Waals surface area contributed by atoms with Crippen molar-refractivity contribution in [1.82, 2.24) is 20.9 Å². The highest BCUT2D eigenvalue weighted by Gasteiger charge is 2.32. The van der Waals surface area contributed by atoms with Gasteiger partial charge < -0.3 is 31.8 Å². The van der Waals surface area contributed by atoms with Crippen LogP contribution in [0.4, 0.5) is 0 Å². The number of carbonyl (C=O) groups is 4. The lowest BCUT2D eigenvalue weighted by molar-refractivity contribution is -0.142. The minimum atomic E-state index is -1.23. The molecular formula is C34H39N5O5. The standard InChI is InChI=1S/C34H39N5O5/c1-21(2)30(33(42)38-29(34(43)44)19-24-20-36-27-16-10-9-15-25(24)27)39-32(41)28(18-23-13-7-4-8-14-23)37-31(40)26(35)17-22-11-5-3-6-12-22/h3-16,20-21,26,28-30,36H,17-19,35H2,1-2H3,(H,37,40)(H,38,42)(H,39,41)(H,43,44). The van der Waals surface area contributed by atoms with E-state index in [2.05, 4.69) is 20.9 Å². The number of hydrogen-bond donors (Lipinski definition) is 6. The SMILES string of the molecule is CC(C)C(NC(=O)C(Cc1ccccc1)NC(=O)C(N)Cc1ccccc1)C(=O)NC(Cc1c[nH]c2ccccc12)C(=O)O. The fourth-order valence-electron chi connectivity index (χ4n) is 5.07. The predicted octanol–water partition coefficient (Wildman–Crippen LogP) is 2.72. The van der Waals surface area contributed by atoms with Crippen LogP contribution in [0.25, 0.3) is 10.9 Å². The van der Waals surface area contributed by atoms with Gasteiger partial charge in [0.05, 0.1) is 6.04 Å². The normalized spacial score (nSPS) is 13.9. The molecule has 0 radical (unpaired) electrons. The van der Waals surface area contributed by atoms with E-state index in [1.165, 1.54) is 0 Å². The minimum absolute atomic E-state index is 0.0514. The van der Waals surface area contributed by atoms with Crippen LogP contribution in [0.2, 0.25) is 0 Å². The molecule has 0 aliphatic carbocycles. The van der Waals surface area contributed by atoms with Gasteiger partial charge in [-0.05, 0) is 35.1 Å². The highest BCUT2D eigenvalue weighted by Crippen LogP contribution is 2.19. The Hall–Kier alpha value is -4.96. The molecule has 4 unspecified atom stereocenters. The topological polar surface area (TPSA) is 166 Å². The summed E-state index contributed by atoms with van der Waals surface area (Å²) in [5, 5.41) is 18.9. The van der Waals surface area contributed by atoms with Gasteiger partial charge in [0.2, 0.25) is 17.7 Å². The van der Waals surface area contributed by atoms with Crippen molar-refractivity contribution in [3.8, 4) is 0 Å². The summed E-state index contributed by atoms with van der Waals surface area (Å²) in [5.41, 5.74) is 9.49. The Kier molecular flexibility index (Phi) is 10.9. The number of carboxylic acids is 1. The quantitative estimate of drug-likeness (QED) is 0.131. The van der Waals surface area contributed by atoms with Gasteiger partial charge in [-0.25, -0.2) is 4.79 Å². The second-order valence-corrected chi connectivity index (χ2v) is 11.2. The van der Waals surface area contributed by atoms with Gasteiger partial charge in [0.15, 0.2) is 0 Å². The number of hydrogen-bond acceptors (Lipinski definition) is 5. The number of rotatable bonds is 14. The molecule has 4 rings (SSSR count). The first kappa shape index (κ1) is 32.0. The van der Waals surface area contributed by atoms with Gasteiger partial charge >= 0.3 is 5.97 Å². The average Bonchev–Trinajstić information content (AvgIpc) is 3.42. The first-order valence-corrected chi connectivity index (χ1v) is 14.6. The van der Waals surface area contributed by atoms with E-state index in [1.807, 2.05) is 84.9 Å². The van der Waals surface area contributed by atoms with Crippen LogP contribution in [0.5, 0.6) is 0 Å². The van der Waals surface area contributed by atoms with Crippen LogP contribution >= 0.6 is 0 Å². The Morgan fingerprint density at radius 2 is 1.27 bits per heavy atom. The van der Waals surface area contributed by atoms with Gasteiger partial charge in [0.25, 0.3) is 0 Å². The van der Waals surface area contributed by atoms with Crippen molar-refractivity contribution in [2.45, 2.75) is 57.3 Å². The molecule has 10 heteroatoms. The molecule has 4 atom stereocenters. The zero-order chi connectivity index (χ0) is 31.6.